The number of nitrogens with zero attached hydrogens (tertiary/aromatic N) is 2. The molecule has 4 nitrogen and oxygen atoms in total. The van der Waals surface area contributed by atoms with Gasteiger partial charge in [0, 0.05) is 31.5 Å². The van der Waals surface area contributed by atoms with Crippen molar-refractivity contribution in [3.05, 3.63) is 82.2 Å². The normalized spacial score (nSPS) is 17.0. The average Bonchev–Trinajstić information content (AvgIpc) is 3.07. The van der Waals surface area contributed by atoms with Crippen LogP contribution in [0.4, 0.5) is 0 Å². The maximum Gasteiger partial charge on any atom is 0.160 e. The lowest BCUT2D eigenvalue weighted by Gasteiger charge is -2.33. The first-order valence-corrected chi connectivity index (χ1v) is 10.3. The molecular weight excluding hydrogens is 360 g/mol. The van der Waals surface area contributed by atoms with E-state index in [0.717, 1.165) is 31.6 Å². The van der Waals surface area contributed by atoms with Crippen molar-refractivity contribution in [2.24, 2.45) is 0 Å². The van der Waals surface area contributed by atoms with Gasteiger partial charge in [0.2, 0.25) is 0 Å². The van der Waals surface area contributed by atoms with Crippen molar-refractivity contribution in [2.75, 3.05) is 13.7 Å². The summed E-state index contributed by atoms with van der Waals surface area (Å²) in [6, 6.07) is 14.9. The van der Waals surface area contributed by atoms with Crippen molar-refractivity contribution in [1.82, 2.24) is 9.47 Å². The SMILES string of the molecule is COc1cc(CN2CCCn3cccc3C2c2c(C)cc(C)cc2C)ccc1O. The highest BCUT2D eigenvalue weighted by atomic mass is 16.5. The van der Waals surface area contributed by atoms with Crippen LogP contribution in [0.5, 0.6) is 11.5 Å². The van der Waals surface area contributed by atoms with Crippen molar-refractivity contribution in [2.45, 2.75) is 46.3 Å². The Balaban J connectivity index is 1.80. The van der Waals surface area contributed by atoms with Crippen LogP contribution in [0.2, 0.25) is 0 Å². The summed E-state index contributed by atoms with van der Waals surface area (Å²) in [5.74, 6) is 0.711. The molecule has 0 saturated carbocycles. The fraction of sp³-hybridized carbons (Fsp3) is 0.360. The summed E-state index contributed by atoms with van der Waals surface area (Å²) in [4.78, 5) is 2.56. The summed E-state index contributed by atoms with van der Waals surface area (Å²) >= 11 is 0. The van der Waals surface area contributed by atoms with Gasteiger partial charge in [0.05, 0.1) is 13.2 Å². The number of methoxy groups -OCH3 is 1. The molecule has 4 rings (SSSR count). The molecule has 1 aliphatic heterocycles. The lowest BCUT2D eigenvalue weighted by atomic mass is 9.91. The number of aromatic nitrogens is 1. The van der Waals surface area contributed by atoms with Crippen LogP contribution in [0.3, 0.4) is 0 Å². The van der Waals surface area contributed by atoms with Crippen LogP contribution >= 0.6 is 0 Å². The van der Waals surface area contributed by atoms with Gasteiger partial charge in [-0.15, -0.1) is 0 Å². The van der Waals surface area contributed by atoms with Crippen molar-refractivity contribution in [3.8, 4) is 11.5 Å². The predicted molar refractivity (Wildman–Crippen MR) is 117 cm³/mol. The van der Waals surface area contributed by atoms with Gasteiger partial charge in [0.1, 0.15) is 0 Å². The Kier molecular flexibility index (Phi) is 5.37. The van der Waals surface area contributed by atoms with Crippen molar-refractivity contribution >= 4 is 0 Å². The van der Waals surface area contributed by atoms with Crippen LogP contribution in [0.15, 0.2) is 48.7 Å². The molecule has 1 N–H and O–H groups in total. The number of hydrogen-bond donors (Lipinski definition) is 1. The van der Waals surface area contributed by atoms with Gasteiger partial charge in [0.25, 0.3) is 0 Å². The zero-order chi connectivity index (χ0) is 20.5. The highest BCUT2D eigenvalue weighted by molar-refractivity contribution is 5.45. The second-order valence-corrected chi connectivity index (χ2v) is 8.17. The number of phenolic OH excluding ortho intramolecular Hbond substituents is 1. The maximum absolute atomic E-state index is 9.98. The summed E-state index contributed by atoms with van der Waals surface area (Å²) in [5, 5.41) is 9.98. The van der Waals surface area contributed by atoms with Crippen LogP contribution in [0.1, 0.15) is 46.0 Å². The lowest BCUT2D eigenvalue weighted by molar-refractivity contribution is 0.219. The summed E-state index contributed by atoms with van der Waals surface area (Å²) in [6.45, 7) is 9.49. The van der Waals surface area contributed by atoms with Crippen molar-refractivity contribution in [3.63, 3.8) is 0 Å². The average molecular weight is 391 g/mol. The van der Waals surface area contributed by atoms with E-state index < -0.39 is 0 Å². The molecule has 1 unspecified atom stereocenters. The van der Waals surface area contributed by atoms with E-state index in [1.165, 1.54) is 27.9 Å². The molecule has 0 aliphatic carbocycles. The van der Waals surface area contributed by atoms with Gasteiger partial charge in [-0.2, -0.15) is 0 Å². The van der Waals surface area contributed by atoms with E-state index in [0.29, 0.717) is 5.75 Å². The fourth-order valence-corrected chi connectivity index (χ4v) is 4.82. The molecule has 0 bridgehead atoms. The summed E-state index contributed by atoms with van der Waals surface area (Å²) < 4.78 is 7.74. The largest absolute Gasteiger partial charge is 0.504 e. The lowest BCUT2D eigenvalue weighted by Crippen LogP contribution is -2.30. The first-order chi connectivity index (χ1) is 14.0. The highest BCUT2D eigenvalue weighted by Gasteiger charge is 2.29. The third-order valence-electron chi connectivity index (χ3n) is 6.00. The molecule has 2 aromatic carbocycles. The molecule has 4 heteroatoms. The summed E-state index contributed by atoms with van der Waals surface area (Å²) in [5.41, 5.74) is 7.90. The van der Waals surface area contributed by atoms with Crippen LogP contribution in [0.25, 0.3) is 0 Å². The first kappa shape index (κ1) is 19.6. The Morgan fingerprint density at radius 2 is 1.79 bits per heavy atom. The molecular formula is C25H30N2O2. The van der Waals surface area contributed by atoms with Crippen molar-refractivity contribution < 1.29 is 9.84 Å². The van der Waals surface area contributed by atoms with Gasteiger partial charge in [-0.05, 0) is 73.7 Å². The zero-order valence-electron chi connectivity index (χ0n) is 17.8. The van der Waals surface area contributed by atoms with E-state index in [4.69, 9.17) is 4.74 Å². The molecule has 1 aromatic heterocycles. The predicted octanol–water partition coefficient (Wildman–Crippen LogP) is 5.12. The Labute approximate surface area is 173 Å². The van der Waals surface area contributed by atoms with E-state index in [1.807, 2.05) is 12.1 Å². The molecule has 1 aliphatic rings. The van der Waals surface area contributed by atoms with E-state index >= 15 is 0 Å². The smallest absolute Gasteiger partial charge is 0.160 e. The second kappa shape index (κ2) is 7.96. The molecule has 0 amide bonds. The summed E-state index contributed by atoms with van der Waals surface area (Å²) in [7, 11) is 1.60. The molecule has 29 heavy (non-hydrogen) atoms. The van der Waals surface area contributed by atoms with E-state index in [-0.39, 0.29) is 11.8 Å². The minimum Gasteiger partial charge on any atom is -0.504 e. The van der Waals surface area contributed by atoms with Gasteiger partial charge in [0.15, 0.2) is 11.5 Å². The number of rotatable bonds is 4. The molecule has 3 aromatic rings. The molecule has 0 fully saturated rings. The molecule has 0 spiro atoms. The number of ether oxygens (including phenoxy) is 1. The second-order valence-electron chi connectivity index (χ2n) is 8.17. The van der Waals surface area contributed by atoms with Crippen molar-refractivity contribution in [1.29, 1.82) is 0 Å². The molecule has 2 heterocycles. The Morgan fingerprint density at radius 3 is 2.52 bits per heavy atom. The molecule has 0 radical (unpaired) electrons. The Bertz CT molecular complexity index is 998. The summed E-state index contributed by atoms with van der Waals surface area (Å²) in [6.07, 6.45) is 3.31. The molecule has 0 saturated heterocycles. The quantitative estimate of drug-likeness (QED) is 0.672. The number of hydrogen-bond acceptors (Lipinski definition) is 3. The van der Waals surface area contributed by atoms with Crippen LogP contribution in [0, 0.1) is 20.8 Å². The van der Waals surface area contributed by atoms with Crippen LogP contribution in [-0.2, 0) is 13.1 Å². The maximum atomic E-state index is 9.98. The molecule has 1 atom stereocenters. The van der Waals surface area contributed by atoms with E-state index in [1.54, 1.807) is 13.2 Å². The van der Waals surface area contributed by atoms with Crippen LogP contribution < -0.4 is 4.74 Å². The molecule has 152 valence electrons. The fourth-order valence-electron chi connectivity index (χ4n) is 4.82. The Morgan fingerprint density at radius 1 is 1.03 bits per heavy atom. The van der Waals surface area contributed by atoms with E-state index in [2.05, 4.69) is 60.7 Å². The van der Waals surface area contributed by atoms with Gasteiger partial charge in [-0.25, -0.2) is 0 Å². The third-order valence-corrected chi connectivity index (χ3v) is 6.00. The Hall–Kier alpha value is -2.72. The van der Waals surface area contributed by atoms with Gasteiger partial charge >= 0.3 is 0 Å². The van der Waals surface area contributed by atoms with Crippen LogP contribution in [-0.4, -0.2) is 28.2 Å². The topological polar surface area (TPSA) is 37.6 Å². The number of phenols is 1. The number of fused-ring (bicyclic) bond motifs is 1. The zero-order valence-corrected chi connectivity index (χ0v) is 17.8. The minimum absolute atomic E-state index is 0.183. The van der Waals surface area contributed by atoms with E-state index in [9.17, 15) is 5.11 Å². The monoisotopic (exact) mass is 390 g/mol. The van der Waals surface area contributed by atoms with Gasteiger partial charge < -0.3 is 14.4 Å². The number of benzene rings is 2. The third kappa shape index (κ3) is 3.77. The first-order valence-electron chi connectivity index (χ1n) is 10.3. The van der Waals surface area contributed by atoms with Gasteiger partial charge in [-0.1, -0.05) is 23.8 Å². The number of aromatic hydroxyl groups is 1. The standard InChI is InChI=1S/C25H30N2O2/c1-17-13-18(2)24(19(3)14-17)25-21-7-5-10-26(21)11-6-12-27(25)16-20-8-9-22(28)23(15-20)29-4/h5,7-10,13-15,25,28H,6,11-12,16H2,1-4H3. The highest BCUT2D eigenvalue weighted by Crippen LogP contribution is 2.37. The number of aryl methyl sites for hydroxylation is 4. The van der Waals surface area contributed by atoms with Gasteiger partial charge in [-0.3, -0.25) is 4.90 Å². The minimum atomic E-state index is 0.183.